The molecule has 2 aromatic carbocycles. The Bertz CT molecular complexity index is 890. The molecule has 0 saturated heterocycles. The molecule has 0 spiro atoms. The van der Waals surface area contributed by atoms with Crippen LogP contribution in [0, 0.1) is 6.92 Å². The van der Waals surface area contributed by atoms with Gasteiger partial charge in [-0.15, -0.1) is 5.10 Å². The lowest BCUT2D eigenvalue weighted by Crippen LogP contribution is -2.13. The van der Waals surface area contributed by atoms with Gasteiger partial charge in [0, 0.05) is 15.1 Å². The van der Waals surface area contributed by atoms with Gasteiger partial charge in [-0.2, -0.15) is 0 Å². The highest BCUT2D eigenvalue weighted by molar-refractivity contribution is 9.10. The topological polar surface area (TPSA) is 73.8 Å². The van der Waals surface area contributed by atoms with Gasteiger partial charge in [-0.1, -0.05) is 45.7 Å². The highest BCUT2D eigenvalue weighted by Crippen LogP contribution is 2.26. The van der Waals surface area contributed by atoms with Crippen molar-refractivity contribution in [1.29, 1.82) is 0 Å². The summed E-state index contributed by atoms with van der Waals surface area (Å²) >= 11 is 9.49. The molecule has 0 fully saturated rings. The van der Waals surface area contributed by atoms with E-state index in [-0.39, 0.29) is 5.82 Å². The average Bonchev–Trinajstić information content (AvgIpc) is 2.96. The Morgan fingerprint density at radius 3 is 2.57 bits per heavy atom. The molecule has 0 atom stereocenters. The number of nitrogens with zero attached hydrogens (tertiary/aromatic N) is 3. The standard InChI is InChI=1S/C16H12BrClN4O/c1-9-2-7-12(18)8-13(9)22-16(20-15(21-22)14(19)23)10-3-5-11(17)6-4-10/h2-8H,1H3,(H2,19,23). The van der Waals surface area contributed by atoms with E-state index < -0.39 is 5.91 Å². The minimum absolute atomic E-state index is 0.0395. The molecule has 23 heavy (non-hydrogen) atoms. The van der Waals surface area contributed by atoms with Crippen LogP contribution in [0.1, 0.15) is 16.2 Å². The third-order valence-corrected chi connectivity index (χ3v) is 4.09. The molecule has 0 saturated carbocycles. The summed E-state index contributed by atoms with van der Waals surface area (Å²) in [5, 5.41) is 4.81. The van der Waals surface area contributed by atoms with Gasteiger partial charge in [-0.25, -0.2) is 9.67 Å². The van der Waals surface area contributed by atoms with Crippen molar-refractivity contribution in [3.05, 3.63) is 63.3 Å². The molecule has 0 radical (unpaired) electrons. The number of hydrogen-bond acceptors (Lipinski definition) is 3. The van der Waals surface area contributed by atoms with Crippen molar-refractivity contribution in [3.63, 3.8) is 0 Å². The number of hydrogen-bond donors (Lipinski definition) is 1. The highest BCUT2D eigenvalue weighted by atomic mass is 79.9. The number of amides is 1. The number of carbonyl (C=O) groups excluding carboxylic acids is 1. The zero-order valence-electron chi connectivity index (χ0n) is 12.1. The van der Waals surface area contributed by atoms with E-state index in [9.17, 15) is 4.79 Å². The van der Waals surface area contributed by atoms with Crippen molar-refractivity contribution >= 4 is 33.4 Å². The molecular weight excluding hydrogens is 380 g/mol. The van der Waals surface area contributed by atoms with Gasteiger partial charge in [0.15, 0.2) is 5.82 Å². The molecule has 1 heterocycles. The molecule has 3 rings (SSSR count). The van der Waals surface area contributed by atoms with E-state index in [1.165, 1.54) is 0 Å². The zero-order chi connectivity index (χ0) is 16.6. The fourth-order valence-corrected chi connectivity index (χ4v) is 2.61. The molecule has 1 amide bonds. The minimum atomic E-state index is -0.679. The summed E-state index contributed by atoms with van der Waals surface area (Å²) in [5.74, 6) is -0.194. The summed E-state index contributed by atoms with van der Waals surface area (Å²) in [4.78, 5) is 15.8. The lowest BCUT2D eigenvalue weighted by molar-refractivity contribution is 0.0990. The second-order valence-corrected chi connectivity index (χ2v) is 6.32. The number of carbonyl (C=O) groups is 1. The van der Waals surface area contributed by atoms with Gasteiger partial charge in [-0.05, 0) is 36.8 Å². The lowest BCUT2D eigenvalue weighted by Gasteiger charge is -2.09. The van der Waals surface area contributed by atoms with Crippen LogP contribution in [0.4, 0.5) is 0 Å². The van der Waals surface area contributed by atoms with Gasteiger partial charge in [0.05, 0.1) is 5.69 Å². The fraction of sp³-hybridized carbons (Fsp3) is 0.0625. The molecule has 0 bridgehead atoms. The minimum Gasteiger partial charge on any atom is -0.363 e. The summed E-state index contributed by atoms with van der Waals surface area (Å²) in [6.07, 6.45) is 0. The van der Waals surface area contributed by atoms with Crippen molar-refractivity contribution in [2.45, 2.75) is 6.92 Å². The second-order valence-electron chi connectivity index (χ2n) is 4.97. The van der Waals surface area contributed by atoms with Crippen molar-refractivity contribution in [1.82, 2.24) is 14.8 Å². The Labute approximate surface area is 146 Å². The molecule has 0 aliphatic heterocycles. The summed E-state index contributed by atoms with van der Waals surface area (Å²) < 4.78 is 2.53. The van der Waals surface area contributed by atoms with Crippen LogP contribution in [0.15, 0.2) is 46.9 Å². The van der Waals surface area contributed by atoms with Crippen molar-refractivity contribution in [3.8, 4) is 17.1 Å². The van der Waals surface area contributed by atoms with Gasteiger partial charge in [0.2, 0.25) is 5.82 Å². The van der Waals surface area contributed by atoms with Gasteiger partial charge >= 0.3 is 0 Å². The van der Waals surface area contributed by atoms with Gasteiger partial charge in [0.1, 0.15) is 0 Å². The Hall–Kier alpha value is -2.18. The van der Waals surface area contributed by atoms with Gasteiger partial charge in [0.25, 0.3) is 5.91 Å². The molecule has 0 aliphatic rings. The van der Waals surface area contributed by atoms with E-state index >= 15 is 0 Å². The fourth-order valence-electron chi connectivity index (χ4n) is 2.18. The van der Waals surface area contributed by atoms with E-state index in [0.29, 0.717) is 10.8 Å². The second kappa shape index (κ2) is 6.14. The lowest BCUT2D eigenvalue weighted by atomic mass is 10.2. The van der Waals surface area contributed by atoms with Crippen LogP contribution >= 0.6 is 27.5 Å². The predicted molar refractivity (Wildman–Crippen MR) is 92.8 cm³/mol. The average molecular weight is 392 g/mol. The third-order valence-electron chi connectivity index (χ3n) is 3.33. The predicted octanol–water partition coefficient (Wildman–Crippen LogP) is 3.76. The molecule has 1 aromatic heterocycles. The normalized spacial score (nSPS) is 10.7. The molecule has 5 nitrogen and oxygen atoms in total. The molecule has 0 aliphatic carbocycles. The van der Waals surface area contributed by atoms with E-state index in [2.05, 4.69) is 26.0 Å². The molecule has 3 aromatic rings. The van der Waals surface area contributed by atoms with Crippen LogP contribution < -0.4 is 5.73 Å². The molecule has 7 heteroatoms. The smallest absolute Gasteiger partial charge is 0.288 e. The number of aryl methyl sites for hydroxylation is 1. The Morgan fingerprint density at radius 2 is 1.91 bits per heavy atom. The quantitative estimate of drug-likeness (QED) is 0.739. The van der Waals surface area contributed by atoms with Crippen molar-refractivity contribution in [2.75, 3.05) is 0 Å². The third kappa shape index (κ3) is 3.13. The highest BCUT2D eigenvalue weighted by Gasteiger charge is 2.18. The largest absolute Gasteiger partial charge is 0.363 e. The first kappa shape index (κ1) is 15.7. The zero-order valence-corrected chi connectivity index (χ0v) is 14.5. The number of halogens is 2. The molecule has 2 N–H and O–H groups in total. The first-order chi connectivity index (χ1) is 11.0. The van der Waals surface area contributed by atoms with E-state index in [1.807, 2.05) is 37.3 Å². The van der Waals surface area contributed by atoms with Gasteiger partial charge in [-0.3, -0.25) is 4.79 Å². The molecular formula is C16H12BrClN4O. The molecule has 0 unspecified atom stereocenters. The Kier molecular flexibility index (Phi) is 4.19. The van der Waals surface area contributed by atoms with Crippen LogP contribution in [0.25, 0.3) is 17.1 Å². The number of benzene rings is 2. The summed E-state index contributed by atoms with van der Waals surface area (Å²) in [7, 11) is 0. The number of nitrogens with two attached hydrogens (primary N) is 1. The van der Waals surface area contributed by atoms with E-state index in [4.69, 9.17) is 17.3 Å². The van der Waals surface area contributed by atoms with Crippen molar-refractivity contribution < 1.29 is 4.79 Å². The summed E-state index contributed by atoms with van der Waals surface area (Å²) in [6.45, 7) is 1.93. The maximum atomic E-state index is 11.5. The number of rotatable bonds is 3. The van der Waals surface area contributed by atoms with Crippen LogP contribution in [0.2, 0.25) is 5.02 Å². The van der Waals surface area contributed by atoms with Crippen LogP contribution in [0.3, 0.4) is 0 Å². The SMILES string of the molecule is Cc1ccc(Cl)cc1-n1nc(C(N)=O)nc1-c1ccc(Br)cc1. The first-order valence-corrected chi connectivity index (χ1v) is 7.92. The monoisotopic (exact) mass is 390 g/mol. The van der Waals surface area contributed by atoms with Crippen LogP contribution in [0.5, 0.6) is 0 Å². The summed E-state index contributed by atoms with van der Waals surface area (Å²) in [6, 6.07) is 13.0. The van der Waals surface area contributed by atoms with E-state index in [1.54, 1.807) is 16.8 Å². The van der Waals surface area contributed by atoms with Crippen molar-refractivity contribution in [2.24, 2.45) is 5.73 Å². The Balaban J connectivity index is 2.25. The number of aromatic nitrogens is 3. The van der Waals surface area contributed by atoms with Gasteiger partial charge < -0.3 is 5.73 Å². The van der Waals surface area contributed by atoms with Crippen LogP contribution in [-0.2, 0) is 0 Å². The summed E-state index contributed by atoms with van der Waals surface area (Å²) in [5.41, 5.74) is 7.84. The van der Waals surface area contributed by atoms with E-state index in [0.717, 1.165) is 21.3 Å². The molecule has 116 valence electrons. The maximum Gasteiger partial charge on any atom is 0.288 e. The Morgan fingerprint density at radius 1 is 1.22 bits per heavy atom. The number of primary amides is 1. The first-order valence-electron chi connectivity index (χ1n) is 6.75. The van der Waals surface area contributed by atoms with Crippen LogP contribution in [-0.4, -0.2) is 20.7 Å². The maximum absolute atomic E-state index is 11.5.